The summed E-state index contributed by atoms with van der Waals surface area (Å²) >= 11 is 0. The zero-order valence-electron chi connectivity index (χ0n) is 4.46. The molecule has 0 rings (SSSR count). The van der Waals surface area contributed by atoms with Gasteiger partial charge in [-0.15, -0.1) is 0 Å². The van der Waals surface area contributed by atoms with Crippen LogP contribution < -0.4 is 0 Å². The monoisotopic (exact) mass is 125 g/mol. The molecule has 8 heavy (non-hydrogen) atoms. The fraction of sp³-hybridized carbons (Fsp3) is 0.800. The van der Waals surface area contributed by atoms with Crippen LogP contribution in [-0.2, 0) is 0 Å². The van der Waals surface area contributed by atoms with Crippen molar-refractivity contribution in [3.63, 3.8) is 0 Å². The van der Waals surface area contributed by atoms with Crippen molar-refractivity contribution in [1.82, 2.24) is 0 Å². The Kier molecular flexibility index (Phi) is 2.87. The number of halogens is 3. The molecule has 0 amide bonds. The van der Waals surface area contributed by atoms with Crippen molar-refractivity contribution in [1.29, 1.82) is 0 Å². The largest absolute Gasteiger partial charge is 0.389 e. The van der Waals surface area contributed by atoms with Crippen molar-refractivity contribution in [3.05, 3.63) is 6.92 Å². The van der Waals surface area contributed by atoms with E-state index in [2.05, 4.69) is 6.92 Å². The summed E-state index contributed by atoms with van der Waals surface area (Å²) in [4.78, 5) is 0. The van der Waals surface area contributed by atoms with Crippen LogP contribution in [0.15, 0.2) is 0 Å². The quantitative estimate of drug-likeness (QED) is 0.532. The molecule has 0 fully saturated rings. The summed E-state index contributed by atoms with van der Waals surface area (Å²) in [5, 5.41) is 0. The van der Waals surface area contributed by atoms with Gasteiger partial charge in [0.25, 0.3) is 0 Å². The van der Waals surface area contributed by atoms with Crippen LogP contribution in [0.2, 0.25) is 0 Å². The summed E-state index contributed by atoms with van der Waals surface area (Å²) in [5.74, 6) is 0. The van der Waals surface area contributed by atoms with Crippen LogP contribution in [0.5, 0.6) is 0 Å². The summed E-state index contributed by atoms with van der Waals surface area (Å²) in [5.41, 5.74) is 0. The van der Waals surface area contributed by atoms with E-state index in [-0.39, 0.29) is 6.42 Å². The Bertz CT molecular complexity index is 55.2. The zero-order chi connectivity index (χ0) is 6.62. The molecule has 3 heteroatoms. The molecule has 0 N–H and O–H groups in total. The van der Waals surface area contributed by atoms with E-state index in [4.69, 9.17) is 0 Å². The third kappa shape index (κ3) is 5.79. The highest BCUT2D eigenvalue weighted by atomic mass is 19.4. The minimum Gasteiger partial charge on any atom is -0.171 e. The van der Waals surface area contributed by atoms with Crippen LogP contribution in [0.4, 0.5) is 13.2 Å². The molecule has 0 aromatic carbocycles. The van der Waals surface area contributed by atoms with Gasteiger partial charge in [-0.2, -0.15) is 13.2 Å². The number of hydrogen-bond donors (Lipinski definition) is 0. The van der Waals surface area contributed by atoms with E-state index in [1.165, 1.54) is 0 Å². The van der Waals surface area contributed by atoms with Gasteiger partial charge >= 0.3 is 6.18 Å². The Balaban J connectivity index is 3.11. The number of hydrogen-bond acceptors (Lipinski definition) is 0. The molecule has 0 aromatic heterocycles. The summed E-state index contributed by atoms with van der Waals surface area (Å²) in [6.45, 7) is 3.29. The summed E-state index contributed by atoms with van der Waals surface area (Å²) in [6, 6.07) is 0. The van der Waals surface area contributed by atoms with Gasteiger partial charge in [0.1, 0.15) is 0 Å². The molecule has 0 aliphatic rings. The van der Waals surface area contributed by atoms with Crippen molar-refractivity contribution in [2.45, 2.75) is 25.4 Å². The Labute approximate surface area is 46.7 Å². The van der Waals surface area contributed by atoms with Crippen LogP contribution in [0.25, 0.3) is 0 Å². The molecule has 0 aliphatic carbocycles. The average molecular weight is 125 g/mol. The van der Waals surface area contributed by atoms with Crippen LogP contribution in [0.1, 0.15) is 19.3 Å². The van der Waals surface area contributed by atoms with Crippen LogP contribution >= 0.6 is 0 Å². The number of rotatable bonds is 2. The molecular formula is C5H8F3. The first-order valence-corrected chi connectivity index (χ1v) is 2.42. The molecule has 0 aliphatic heterocycles. The molecule has 0 atom stereocenters. The first kappa shape index (κ1) is 7.79. The third-order valence-electron chi connectivity index (χ3n) is 0.710. The standard InChI is InChI=1S/C5H8F3/c1-2-3-4-5(6,7)8/h1-4H2. The van der Waals surface area contributed by atoms with Gasteiger partial charge in [0, 0.05) is 6.42 Å². The second-order valence-electron chi connectivity index (χ2n) is 1.57. The average Bonchev–Trinajstić information content (AvgIpc) is 1.59. The third-order valence-corrected chi connectivity index (χ3v) is 0.710. The Morgan fingerprint density at radius 3 is 1.88 bits per heavy atom. The van der Waals surface area contributed by atoms with Gasteiger partial charge in [0.05, 0.1) is 0 Å². The molecule has 0 unspecified atom stereocenters. The van der Waals surface area contributed by atoms with Gasteiger partial charge in [-0.1, -0.05) is 13.3 Å². The molecule has 49 valence electrons. The van der Waals surface area contributed by atoms with E-state index in [1.807, 2.05) is 0 Å². The highest BCUT2D eigenvalue weighted by molar-refractivity contribution is 4.50. The maximum atomic E-state index is 11.2. The zero-order valence-corrected chi connectivity index (χ0v) is 4.46. The van der Waals surface area contributed by atoms with E-state index in [1.54, 1.807) is 0 Å². The fourth-order valence-corrected chi connectivity index (χ4v) is 0.325. The molecular weight excluding hydrogens is 117 g/mol. The smallest absolute Gasteiger partial charge is 0.171 e. The fourth-order valence-electron chi connectivity index (χ4n) is 0.325. The predicted molar refractivity (Wildman–Crippen MR) is 25.3 cm³/mol. The number of unbranched alkanes of at least 4 members (excludes halogenated alkanes) is 1. The van der Waals surface area contributed by atoms with Gasteiger partial charge in [-0.25, -0.2) is 0 Å². The van der Waals surface area contributed by atoms with Crippen molar-refractivity contribution in [2.24, 2.45) is 0 Å². The Morgan fingerprint density at radius 2 is 1.75 bits per heavy atom. The second-order valence-corrected chi connectivity index (χ2v) is 1.57. The summed E-state index contributed by atoms with van der Waals surface area (Å²) in [6.07, 6.45) is -4.18. The Hall–Kier alpha value is -0.210. The second kappa shape index (κ2) is 2.95. The lowest BCUT2D eigenvalue weighted by atomic mass is 10.2. The Morgan fingerprint density at radius 1 is 1.25 bits per heavy atom. The molecule has 0 bridgehead atoms. The number of alkyl halides is 3. The normalized spacial score (nSPS) is 12.0. The lowest BCUT2D eigenvalue weighted by molar-refractivity contribution is -0.135. The van der Waals surface area contributed by atoms with E-state index >= 15 is 0 Å². The molecule has 0 saturated carbocycles. The molecule has 0 saturated heterocycles. The molecule has 1 radical (unpaired) electrons. The van der Waals surface area contributed by atoms with E-state index in [0.717, 1.165) is 0 Å². The topological polar surface area (TPSA) is 0 Å². The van der Waals surface area contributed by atoms with Gasteiger partial charge < -0.3 is 0 Å². The first-order chi connectivity index (χ1) is 3.56. The molecule has 0 spiro atoms. The summed E-state index contributed by atoms with van der Waals surface area (Å²) < 4.78 is 33.6. The highest BCUT2D eigenvalue weighted by Crippen LogP contribution is 2.21. The van der Waals surface area contributed by atoms with Gasteiger partial charge in [-0.3, -0.25) is 0 Å². The minimum atomic E-state index is -3.99. The van der Waals surface area contributed by atoms with Crippen molar-refractivity contribution in [2.75, 3.05) is 0 Å². The first-order valence-electron chi connectivity index (χ1n) is 2.42. The van der Waals surface area contributed by atoms with Gasteiger partial charge in [0.2, 0.25) is 0 Å². The SMILES string of the molecule is [CH2]CCCC(F)(F)F. The maximum absolute atomic E-state index is 11.2. The van der Waals surface area contributed by atoms with Gasteiger partial charge in [-0.05, 0) is 6.42 Å². The van der Waals surface area contributed by atoms with Crippen molar-refractivity contribution < 1.29 is 13.2 Å². The molecule has 0 heterocycles. The lowest BCUT2D eigenvalue weighted by Crippen LogP contribution is -2.05. The van der Waals surface area contributed by atoms with Crippen LogP contribution in [0.3, 0.4) is 0 Å². The van der Waals surface area contributed by atoms with E-state index in [0.29, 0.717) is 6.42 Å². The molecule has 0 aromatic rings. The lowest BCUT2D eigenvalue weighted by Gasteiger charge is -2.02. The minimum absolute atomic E-state index is 0.142. The summed E-state index contributed by atoms with van der Waals surface area (Å²) in [7, 11) is 0. The van der Waals surface area contributed by atoms with Crippen molar-refractivity contribution in [3.8, 4) is 0 Å². The van der Waals surface area contributed by atoms with Crippen molar-refractivity contribution >= 4 is 0 Å². The molecule has 0 nitrogen and oxygen atoms in total. The van der Waals surface area contributed by atoms with Crippen LogP contribution in [0, 0.1) is 6.92 Å². The maximum Gasteiger partial charge on any atom is 0.389 e. The van der Waals surface area contributed by atoms with Gasteiger partial charge in [0.15, 0.2) is 0 Å². The predicted octanol–water partition coefficient (Wildman–Crippen LogP) is 2.55. The van der Waals surface area contributed by atoms with E-state index in [9.17, 15) is 13.2 Å². The van der Waals surface area contributed by atoms with Crippen LogP contribution in [-0.4, -0.2) is 6.18 Å². The highest BCUT2D eigenvalue weighted by Gasteiger charge is 2.25. The van der Waals surface area contributed by atoms with E-state index < -0.39 is 12.6 Å².